The molecule has 2 aromatic heterocycles. The maximum Gasteiger partial charge on any atom is 0.139 e. The van der Waals surface area contributed by atoms with Gasteiger partial charge >= 0.3 is 0 Å². The molecule has 2 aromatic rings. The molecule has 2 bridgehead atoms. The van der Waals surface area contributed by atoms with Crippen molar-refractivity contribution >= 4 is 5.82 Å². The average molecular weight is 435 g/mol. The summed E-state index contributed by atoms with van der Waals surface area (Å²) in [7, 11) is 0. The van der Waals surface area contributed by atoms with E-state index in [0.29, 0.717) is 11.4 Å². The van der Waals surface area contributed by atoms with Gasteiger partial charge in [0.1, 0.15) is 17.7 Å². The second-order valence-electron chi connectivity index (χ2n) is 10.4. The van der Waals surface area contributed by atoms with Crippen molar-refractivity contribution in [3.63, 3.8) is 0 Å². The van der Waals surface area contributed by atoms with Crippen LogP contribution in [0.3, 0.4) is 0 Å². The van der Waals surface area contributed by atoms with Crippen LogP contribution in [-0.4, -0.2) is 67.7 Å². The molecule has 6 rings (SSSR count). The number of aryl methyl sites for hydroxylation is 1. The topological polar surface area (TPSA) is 83.4 Å². The number of imidazole rings is 1. The van der Waals surface area contributed by atoms with E-state index in [-0.39, 0.29) is 11.5 Å². The predicted molar refractivity (Wildman–Crippen MR) is 126 cm³/mol. The van der Waals surface area contributed by atoms with Crippen molar-refractivity contribution < 1.29 is 5.11 Å². The third-order valence-electron chi connectivity index (χ3n) is 7.89. The summed E-state index contributed by atoms with van der Waals surface area (Å²) in [6.07, 6.45) is 12.2. The molecular weight excluding hydrogens is 400 g/mol. The molecule has 1 atom stereocenters. The number of aliphatic hydroxyl groups is 1. The fourth-order valence-electron chi connectivity index (χ4n) is 5.93. The number of terminal acetylenes is 1. The Hall–Kier alpha value is -2.40. The largest absolute Gasteiger partial charge is 0.385 e. The zero-order valence-electron chi connectivity index (χ0n) is 19.4. The van der Waals surface area contributed by atoms with E-state index in [1.54, 1.807) is 6.20 Å². The number of hydrogen-bond acceptors (Lipinski definition) is 6. The van der Waals surface area contributed by atoms with Crippen LogP contribution in [-0.2, 0) is 5.54 Å². The standard InChI is InChI=1S/C25H34N6O/c1-5-6-29-7-9-30(10-8-29)24-14-25(15-24,16-24)31-13-20(28-23(31)21(32)17(2)3)19-11-18(4)22(26)27-12-19/h1,11-13,17,21,32H,6-10,14-16H2,2-4H3,(H2,26,27). The number of nitrogens with zero attached hydrogens (tertiary/aromatic N) is 5. The van der Waals surface area contributed by atoms with Gasteiger partial charge in [0.25, 0.3) is 0 Å². The van der Waals surface area contributed by atoms with Crippen LogP contribution in [0.25, 0.3) is 11.3 Å². The van der Waals surface area contributed by atoms with Gasteiger partial charge in [0, 0.05) is 49.7 Å². The number of aliphatic hydroxyl groups excluding tert-OH is 1. The zero-order chi connectivity index (χ0) is 22.7. The van der Waals surface area contributed by atoms with Crippen LogP contribution in [0.2, 0.25) is 0 Å². The number of anilines is 1. The number of piperazine rings is 1. The Kier molecular flexibility index (Phi) is 5.08. The molecular formula is C25H34N6O. The summed E-state index contributed by atoms with van der Waals surface area (Å²) in [5, 5.41) is 11.0. The van der Waals surface area contributed by atoms with Gasteiger partial charge in [-0.2, -0.15) is 0 Å². The lowest BCUT2D eigenvalue weighted by Crippen LogP contribution is -2.80. The van der Waals surface area contributed by atoms with Crippen molar-refractivity contribution in [1.82, 2.24) is 24.3 Å². The lowest BCUT2D eigenvalue weighted by Gasteiger charge is -2.75. The van der Waals surface area contributed by atoms with Gasteiger partial charge in [-0.1, -0.05) is 19.8 Å². The number of rotatable bonds is 6. The van der Waals surface area contributed by atoms with Gasteiger partial charge in [0.2, 0.25) is 0 Å². The molecule has 7 heteroatoms. The Labute approximate surface area is 190 Å². The summed E-state index contributed by atoms with van der Waals surface area (Å²) in [5.41, 5.74) is 9.04. The maximum atomic E-state index is 11.0. The van der Waals surface area contributed by atoms with E-state index in [1.807, 2.05) is 26.8 Å². The Morgan fingerprint density at radius 3 is 2.47 bits per heavy atom. The number of aromatic nitrogens is 3. The van der Waals surface area contributed by atoms with Crippen LogP contribution in [0.4, 0.5) is 5.82 Å². The highest BCUT2D eigenvalue weighted by Gasteiger charge is 2.71. The molecule has 170 valence electrons. The van der Waals surface area contributed by atoms with E-state index >= 15 is 0 Å². The van der Waals surface area contributed by atoms with Crippen molar-refractivity contribution in [1.29, 1.82) is 0 Å². The molecule has 32 heavy (non-hydrogen) atoms. The third-order valence-corrected chi connectivity index (χ3v) is 7.89. The van der Waals surface area contributed by atoms with Gasteiger partial charge in [0.05, 0.1) is 17.8 Å². The first-order chi connectivity index (χ1) is 15.3. The molecule has 1 aliphatic heterocycles. The molecule has 1 unspecified atom stereocenters. The zero-order valence-corrected chi connectivity index (χ0v) is 19.4. The highest BCUT2D eigenvalue weighted by Crippen LogP contribution is 2.68. The smallest absolute Gasteiger partial charge is 0.139 e. The average Bonchev–Trinajstić information content (AvgIpc) is 3.14. The van der Waals surface area contributed by atoms with E-state index < -0.39 is 6.10 Å². The molecule has 3 aliphatic carbocycles. The molecule has 0 amide bonds. The Morgan fingerprint density at radius 1 is 1.19 bits per heavy atom. The minimum absolute atomic E-state index is 0.0721. The fraction of sp³-hybridized carbons (Fsp3) is 0.600. The number of nitrogen functional groups attached to an aromatic ring is 1. The second kappa shape index (κ2) is 7.58. The maximum absolute atomic E-state index is 11.0. The number of pyridine rings is 1. The van der Waals surface area contributed by atoms with Gasteiger partial charge < -0.3 is 15.4 Å². The van der Waals surface area contributed by atoms with Gasteiger partial charge in [-0.3, -0.25) is 9.80 Å². The SMILES string of the molecule is C#CCN1CCN(C23CC(n4cc(-c5cnc(N)c(C)c5)nc4C(O)C(C)C)(C2)C3)CC1. The monoisotopic (exact) mass is 434 g/mol. The molecule has 4 fully saturated rings. The molecule has 0 spiro atoms. The first kappa shape index (κ1) is 21.4. The summed E-state index contributed by atoms with van der Waals surface area (Å²) in [4.78, 5) is 14.3. The minimum Gasteiger partial charge on any atom is -0.385 e. The van der Waals surface area contributed by atoms with Crippen LogP contribution in [0.1, 0.15) is 50.6 Å². The van der Waals surface area contributed by atoms with E-state index in [4.69, 9.17) is 17.1 Å². The van der Waals surface area contributed by atoms with Crippen molar-refractivity contribution in [2.45, 2.75) is 57.2 Å². The summed E-state index contributed by atoms with van der Waals surface area (Å²) in [6, 6.07) is 2.03. The summed E-state index contributed by atoms with van der Waals surface area (Å²) in [5.74, 6) is 4.18. The van der Waals surface area contributed by atoms with Crippen molar-refractivity contribution in [2.24, 2.45) is 5.92 Å². The highest BCUT2D eigenvalue weighted by molar-refractivity contribution is 5.61. The summed E-state index contributed by atoms with van der Waals surface area (Å²) < 4.78 is 2.29. The van der Waals surface area contributed by atoms with Gasteiger partial charge in [-0.15, -0.1) is 6.42 Å². The van der Waals surface area contributed by atoms with E-state index in [0.717, 1.165) is 74.6 Å². The number of hydrogen-bond donors (Lipinski definition) is 2. The van der Waals surface area contributed by atoms with Crippen molar-refractivity contribution in [2.75, 3.05) is 38.5 Å². The van der Waals surface area contributed by atoms with Gasteiger partial charge in [-0.25, -0.2) is 9.97 Å². The van der Waals surface area contributed by atoms with E-state index in [2.05, 4.69) is 31.5 Å². The van der Waals surface area contributed by atoms with Gasteiger partial charge in [-0.05, 0) is 43.7 Å². The van der Waals surface area contributed by atoms with E-state index in [1.165, 1.54) is 0 Å². The molecule has 0 aromatic carbocycles. The molecule has 0 radical (unpaired) electrons. The molecule has 3 N–H and O–H groups in total. The fourth-order valence-corrected chi connectivity index (χ4v) is 5.93. The Bertz CT molecular complexity index is 1040. The van der Waals surface area contributed by atoms with Crippen LogP contribution < -0.4 is 5.73 Å². The van der Waals surface area contributed by atoms with Crippen LogP contribution in [0.5, 0.6) is 0 Å². The Balaban J connectivity index is 1.38. The summed E-state index contributed by atoms with van der Waals surface area (Å²) >= 11 is 0. The molecule has 3 saturated carbocycles. The van der Waals surface area contributed by atoms with Crippen molar-refractivity contribution in [3.05, 3.63) is 29.8 Å². The third kappa shape index (κ3) is 3.24. The molecule has 4 aliphatic rings. The van der Waals surface area contributed by atoms with E-state index in [9.17, 15) is 5.11 Å². The highest BCUT2D eigenvalue weighted by atomic mass is 16.3. The molecule has 7 nitrogen and oxygen atoms in total. The van der Waals surface area contributed by atoms with Crippen LogP contribution in [0.15, 0.2) is 18.5 Å². The second-order valence-corrected chi connectivity index (χ2v) is 10.4. The predicted octanol–water partition coefficient (Wildman–Crippen LogP) is 2.41. The Morgan fingerprint density at radius 2 is 1.88 bits per heavy atom. The molecule has 3 heterocycles. The number of nitrogens with two attached hydrogens (primary N) is 1. The summed E-state index contributed by atoms with van der Waals surface area (Å²) in [6.45, 7) is 11.1. The first-order valence-corrected chi connectivity index (χ1v) is 11.7. The normalized spacial score (nSPS) is 28.8. The lowest BCUT2D eigenvalue weighted by molar-refractivity contribution is -0.214. The molecule has 1 saturated heterocycles. The van der Waals surface area contributed by atoms with Crippen LogP contribution >= 0.6 is 0 Å². The lowest BCUT2D eigenvalue weighted by atomic mass is 9.43. The minimum atomic E-state index is -0.594. The van der Waals surface area contributed by atoms with Gasteiger partial charge in [0.15, 0.2) is 0 Å². The van der Waals surface area contributed by atoms with Crippen LogP contribution in [0, 0.1) is 25.2 Å². The van der Waals surface area contributed by atoms with Crippen molar-refractivity contribution in [3.8, 4) is 23.6 Å². The quantitative estimate of drug-likeness (QED) is 0.680. The first-order valence-electron chi connectivity index (χ1n) is 11.7.